The van der Waals surface area contributed by atoms with E-state index in [1.807, 2.05) is 31.2 Å². The molecule has 0 aliphatic carbocycles. The number of hydrogen-bond acceptors (Lipinski definition) is 3. The zero-order chi connectivity index (χ0) is 9.97. The van der Waals surface area contributed by atoms with Crippen molar-refractivity contribution in [2.45, 2.75) is 17.3 Å². The fourth-order valence-electron chi connectivity index (χ4n) is 1.21. The molecular formula is C10H12N2OS. The zero-order valence-electron chi connectivity index (χ0n) is 7.90. The molecule has 3 nitrogen and oxygen atoms in total. The number of thioether (sulfide) groups is 1. The van der Waals surface area contributed by atoms with Gasteiger partial charge in [-0.2, -0.15) is 0 Å². The number of aromatic amines is 1. The van der Waals surface area contributed by atoms with Crippen molar-refractivity contribution in [1.82, 2.24) is 9.97 Å². The normalized spacial score (nSPS) is 13.3. The number of para-hydroxylation sites is 2. The Morgan fingerprint density at radius 2 is 2.29 bits per heavy atom. The second kappa shape index (κ2) is 4.02. The number of H-pyrrole nitrogens is 1. The molecule has 0 saturated carbocycles. The fourth-order valence-corrected chi connectivity index (χ4v) is 1.99. The van der Waals surface area contributed by atoms with E-state index in [9.17, 15) is 0 Å². The van der Waals surface area contributed by atoms with Crippen LogP contribution in [0.4, 0.5) is 0 Å². The van der Waals surface area contributed by atoms with Crippen molar-refractivity contribution in [2.75, 3.05) is 6.61 Å². The van der Waals surface area contributed by atoms with Gasteiger partial charge in [-0.15, -0.1) is 0 Å². The lowest BCUT2D eigenvalue weighted by molar-refractivity contribution is 0.300. The van der Waals surface area contributed by atoms with E-state index in [1.54, 1.807) is 11.8 Å². The highest BCUT2D eigenvalue weighted by molar-refractivity contribution is 7.99. The standard InChI is InChI=1S/C10H12N2OS/c1-7(6-13)14-10-11-8-4-2-3-5-9(8)12-10/h2-5,7,13H,6H2,1H3,(H,11,12). The van der Waals surface area contributed by atoms with Crippen LogP contribution in [0.25, 0.3) is 11.0 Å². The van der Waals surface area contributed by atoms with Crippen molar-refractivity contribution >= 4 is 22.8 Å². The van der Waals surface area contributed by atoms with Gasteiger partial charge in [0.1, 0.15) is 0 Å². The molecule has 14 heavy (non-hydrogen) atoms. The maximum atomic E-state index is 8.91. The Morgan fingerprint density at radius 1 is 1.50 bits per heavy atom. The Morgan fingerprint density at radius 3 is 3.00 bits per heavy atom. The lowest BCUT2D eigenvalue weighted by atomic mass is 10.3. The fraction of sp³-hybridized carbons (Fsp3) is 0.300. The molecular weight excluding hydrogens is 196 g/mol. The third kappa shape index (κ3) is 1.91. The van der Waals surface area contributed by atoms with Gasteiger partial charge in [-0.25, -0.2) is 4.98 Å². The quantitative estimate of drug-likeness (QED) is 0.759. The van der Waals surface area contributed by atoms with Crippen LogP contribution >= 0.6 is 11.8 Å². The zero-order valence-corrected chi connectivity index (χ0v) is 8.71. The highest BCUT2D eigenvalue weighted by Gasteiger charge is 2.06. The highest BCUT2D eigenvalue weighted by Crippen LogP contribution is 2.22. The molecule has 0 aliphatic rings. The van der Waals surface area contributed by atoms with Crippen LogP contribution in [0.5, 0.6) is 0 Å². The molecule has 1 aromatic carbocycles. The van der Waals surface area contributed by atoms with Gasteiger partial charge in [-0.05, 0) is 12.1 Å². The van der Waals surface area contributed by atoms with Gasteiger partial charge in [0.25, 0.3) is 0 Å². The molecule has 0 bridgehead atoms. The van der Waals surface area contributed by atoms with E-state index in [4.69, 9.17) is 5.11 Å². The summed E-state index contributed by atoms with van der Waals surface area (Å²) >= 11 is 1.55. The van der Waals surface area contributed by atoms with Crippen LogP contribution in [0.1, 0.15) is 6.92 Å². The minimum atomic E-state index is 0.168. The molecule has 1 unspecified atom stereocenters. The number of aliphatic hydroxyl groups excluding tert-OH is 1. The monoisotopic (exact) mass is 208 g/mol. The van der Waals surface area contributed by atoms with E-state index in [1.165, 1.54) is 0 Å². The van der Waals surface area contributed by atoms with E-state index in [2.05, 4.69) is 9.97 Å². The third-order valence-electron chi connectivity index (χ3n) is 1.94. The summed E-state index contributed by atoms with van der Waals surface area (Å²) in [7, 11) is 0. The molecule has 0 aliphatic heterocycles. The molecule has 1 aromatic heterocycles. The molecule has 1 atom stereocenters. The van der Waals surface area contributed by atoms with Crippen LogP contribution in [-0.4, -0.2) is 26.9 Å². The summed E-state index contributed by atoms with van der Waals surface area (Å²) in [6, 6.07) is 7.91. The number of hydrogen-bond donors (Lipinski definition) is 2. The van der Waals surface area contributed by atoms with Crippen molar-refractivity contribution in [2.24, 2.45) is 0 Å². The number of aromatic nitrogens is 2. The number of nitrogens with zero attached hydrogens (tertiary/aromatic N) is 1. The minimum absolute atomic E-state index is 0.168. The molecule has 0 saturated heterocycles. The Kier molecular flexibility index (Phi) is 2.74. The van der Waals surface area contributed by atoms with Crippen LogP contribution in [0.2, 0.25) is 0 Å². The largest absolute Gasteiger partial charge is 0.395 e. The molecule has 2 rings (SSSR count). The molecule has 0 spiro atoms. The van der Waals surface area contributed by atoms with Crippen molar-refractivity contribution in [3.63, 3.8) is 0 Å². The number of nitrogens with one attached hydrogen (secondary N) is 1. The van der Waals surface area contributed by atoms with Gasteiger partial charge in [-0.3, -0.25) is 0 Å². The molecule has 4 heteroatoms. The van der Waals surface area contributed by atoms with E-state index >= 15 is 0 Å². The van der Waals surface area contributed by atoms with Gasteiger partial charge in [0.2, 0.25) is 0 Å². The molecule has 0 radical (unpaired) electrons. The molecule has 0 fully saturated rings. The van der Waals surface area contributed by atoms with Crippen LogP contribution in [-0.2, 0) is 0 Å². The predicted molar refractivity (Wildman–Crippen MR) is 58.5 cm³/mol. The average Bonchev–Trinajstić information content (AvgIpc) is 2.59. The van der Waals surface area contributed by atoms with Crippen molar-refractivity contribution in [3.05, 3.63) is 24.3 Å². The first-order chi connectivity index (χ1) is 6.79. The smallest absolute Gasteiger partial charge is 0.166 e. The summed E-state index contributed by atoms with van der Waals surface area (Å²) in [4.78, 5) is 7.60. The lowest BCUT2D eigenvalue weighted by Gasteiger charge is -2.02. The maximum Gasteiger partial charge on any atom is 0.166 e. The van der Waals surface area contributed by atoms with E-state index in [0.29, 0.717) is 0 Å². The predicted octanol–water partition coefficient (Wildman–Crippen LogP) is 2.04. The Labute approximate surface area is 86.6 Å². The molecule has 0 amide bonds. The van der Waals surface area contributed by atoms with Crippen LogP contribution in [0, 0.1) is 0 Å². The minimum Gasteiger partial charge on any atom is -0.395 e. The van der Waals surface area contributed by atoms with Crippen molar-refractivity contribution < 1.29 is 5.11 Å². The van der Waals surface area contributed by atoms with Crippen molar-refractivity contribution in [3.8, 4) is 0 Å². The van der Waals surface area contributed by atoms with Crippen LogP contribution in [0.15, 0.2) is 29.4 Å². The Balaban J connectivity index is 2.27. The lowest BCUT2D eigenvalue weighted by Crippen LogP contribution is -2.01. The summed E-state index contributed by atoms with van der Waals surface area (Å²) in [5.74, 6) is 0. The van der Waals surface area contributed by atoms with E-state index in [-0.39, 0.29) is 11.9 Å². The summed E-state index contributed by atoms with van der Waals surface area (Å²) in [6.07, 6.45) is 0. The highest BCUT2D eigenvalue weighted by atomic mass is 32.2. The molecule has 2 N–H and O–H groups in total. The van der Waals surface area contributed by atoms with Crippen molar-refractivity contribution in [1.29, 1.82) is 0 Å². The summed E-state index contributed by atoms with van der Waals surface area (Å²) < 4.78 is 0. The van der Waals surface area contributed by atoms with Crippen LogP contribution in [0.3, 0.4) is 0 Å². The summed E-state index contributed by atoms with van der Waals surface area (Å²) in [5, 5.41) is 9.95. The number of rotatable bonds is 3. The van der Waals surface area contributed by atoms with Crippen LogP contribution < -0.4 is 0 Å². The van der Waals surface area contributed by atoms with Gasteiger partial charge < -0.3 is 10.1 Å². The number of imidazole rings is 1. The molecule has 74 valence electrons. The van der Waals surface area contributed by atoms with Gasteiger partial charge in [0.15, 0.2) is 5.16 Å². The molecule has 1 heterocycles. The van der Waals surface area contributed by atoms with Gasteiger partial charge in [0, 0.05) is 5.25 Å². The molecule has 2 aromatic rings. The second-order valence-electron chi connectivity index (χ2n) is 3.17. The first-order valence-corrected chi connectivity index (χ1v) is 5.40. The Hall–Kier alpha value is -1.00. The first-order valence-electron chi connectivity index (χ1n) is 4.52. The third-order valence-corrected chi connectivity index (χ3v) is 2.91. The number of benzene rings is 1. The summed E-state index contributed by atoms with van der Waals surface area (Å²) in [6.45, 7) is 2.14. The first kappa shape index (κ1) is 9.55. The average molecular weight is 208 g/mol. The van der Waals surface area contributed by atoms with E-state index < -0.39 is 0 Å². The Bertz CT molecular complexity index is 394. The topological polar surface area (TPSA) is 48.9 Å². The van der Waals surface area contributed by atoms with Gasteiger partial charge in [0.05, 0.1) is 17.6 Å². The number of fused-ring (bicyclic) bond motifs is 1. The SMILES string of the molecule is CC(CO)Sc1nc2ccccc2[nH]1. The maximum absolute atomic E-state index is 8.91. The van der Waals surface area contributed by atoms with E-state index in [0.717, 1.165) is 16.2 Å². The van der Waals surface area contributed by atoms with Gasteiger partial charge in [-0.1, -0.05) is 30.8 Å². The summed E-state index contributed by atoms with van der Waals surface area (Å²) in [5.41, 5.74) is 2.01. The van der Waals surface area contributed by atoms with Gasteiger partial charge >= 0.3 is 0 Å². The number of aliphatic hydroxyl groups is 1. The second-order valence-corrected chi connectivity index (χ2v) is 4.60.